The second-order valence-electron chi connectivity index (χ2n) is 3.58. The Hall–Kier alpha value is -1.94. The smallest absolute Gasteiger partial charge is 0.287 e. The van der Waals surface area contributed by atoms with Crippen LogP contribution in [-0.4, -0.2) is 13.0 Å². The first-order valence-electron chi connectivity index (χ1n) is 5.35. The zero-order valence-corrected chi connectivity index (χ0v) is 10.5. The molecule has 0 saturated carbocycles. The Morgan fingerprint density at radius 2 is 2.22 bits per heavy atom. The lowest BCUT2D eigenvalue weighted by atomic mass is 10.2. The number of hydrogen-bond donors (Lipinski definition) is 1. The van der Waals surface area contributed by atoms with Gasteiger partial charge in [0.2, 0.25) is 0 Å². The van der Waals surface area contributed by atoms with Crippen LogP contribution in [0.3, 0.4) is 0 Å². The van der Waals surface area contributed by atoms with E-state index in [1.54, 1.807) is 37.4 Å². The van der Waals surface area contributed by atoms with Crippen LogP contribution in [0.2, 0.25) is 5.02 Å². The average Bonchev–Trinajstić information content (AvgIpc) is 2.90. The molecule has 1 N–H and O–H groups in total. The van der Waals surface area contributed by atoms with E-state index in [-0.39, 0.29) is 18.2 Å². The van der Waals surface area contributed by atoms with Crippen molar-refractivity contribution in [2.45, 2.75) is 6.54 Å². The van der Waals surface area contributed by atoms with Crippen molar-refractivity contribution >= 4 is 17.5 Å². The number of nitrogens with one attached hydrogen (secondary N) is 1. The molecule has 94 valence electrons. The molecule has 0 bridgehead atoms. The van der Waals surface area contributed by atoms with Crippen LogP contribution in [-0.2, 0) is 6.54 Å². The van der Waals surface area contributed by atoms with Gasteiger partial charge >= 0.3 is 0 Å². The van der Waals surface area contributed by atoms with Crippen molar-refractivity contribution in [1.29, 1.82) is 0 Å². The Kier molecular flexibility index (Phi) is 3.89. The molecular weight excluding hydrogens is 254 g/mol. The Morgan fingerprint density at radius 3 is 2.89 bits per heavy atom. The summed E-state index contributed by atoms with van der Waals surface area (Å²) in [5.41, 5.74) is 0.738. The highest BCUT2D eigenvalue weighted by Crippen LogP contribution is 2.25. The average molecular weight is 266 g/mol. The summed E-state index contributed by atoms with van der Waals surface area (Å²) in [7, 11) is 1.56. The maximum absolute atomic E-state index is 11.7. The number of amides is 1. The van der Waals surface area contributed by atoms with Gasteiger partial charge in [-0.25, -0.2) is 0 Å². The summed E-state index contributed by atoms with van der Waals surface area (Å²) in [6, 6.07) is 8.59. The fourth-order valence-electron chi connectivity index (χ4n) is 1.57. The topological polar surface area (TPSA) is 51.5 Å². The highest BCUT2D eigenvalue weighted by Gasteiger charge is 2.11. The molecule has 2 aromatic rings. The van der Waals surface area contributed by atoms with Crippen molar-refractivity contribution < 1.29 is 13.9 Å². The Balaban J connectivity index is 2.09. The highest BCUT2D eigenvalue weighted by atomic mass is 35.5. The first-order chi connectivity index (χ1) is 8.72. The van der Waals surface area contributed by atoms with Crippen LogP contribution in [0.1, 0.15) is 16.1 Å². The summed E-state index contributed by atoms with van der Waals surface area (Å²) in [6.45, 7) is 0.280. The molecule has 1 aromatic heterocycles. The standard InChI is InChI=1S/C13H12ClNO3/c1-17-11-5-2-4-10(14)9(11)8-15-13(16)12-6-3-7-18-12/h2-7H,8H2,1H3,(H,15,16). The van der Waals surface area contributed by atoms with Crippen molar-refractivity contribution in [1.82, 2.24) is 5.32 Å². The maximum Gasteiger partial charge on any atom is 0.287 e. The highest BCUT2D eigenvalue weighted by molar-refractivity contribution is 6.31. The summed E-state index contributed by atoms with van der Waals surface area (Å²) >= 11 is 6.06. The molecule has 0 unspecified atom stereocenters. The first kappa shape index (κ1) is 12.5. The van der Waals surface area contributed by atoms with E-state index in [0.29, 0.717) is 10.8 Å². The molecule has 4 nitrogen and oxygen atoms in total. The second kappa shape index (κ2) is 5.60. The number of methoxy groups -OCH3 is 1. The third kappa shape index (κ3) is 2.65. The second-order valence-corrected chi connectivity index (χ2v) is 3.99. The van der Waals surface area contributed by atoms with Crippen molar-refractivity contribution in [2.75, 3.05) is 7.11 Å². The third-order valence-electron chi connectivity index (χ3n) is 2.47. The predicted octanol–water partition coefficient (Wildman–Crippen LogP) is 2.87. The zero-order chi connectivity index (χ0) is 13.0. The van der Waals surface area contributed by atoms with Gasteiger partial charge in [0.25, 0.3) is 5.91 Å². The van der Waals surface area contributed by atoms with Crippen molar-refractivity contribution in [2.24, 2.45) is 0 Å². The lowest BCUT2D eigenvalue weighted by Gasteiger charge is -2.10. The van der Waals surface area contributed by atoms with Gasteiger partial charge in [0.05, 0.1) is 13.4 Å². The van der Waals surface area contributed by atoms with Gasteiger partial charge in [-0.15, -0.1) is 0 Å². The minimum atomic E-state index is -0.290. The molecule has 1 heterocycles. The molecule has 0 spiro atoms. The van der Waals surface area contributed by atoms with Crippen molar-refractivity contribution in [3.63, 3.8) is 0 Å². The minimum Gasteiger partial charge on any atom is -0.496 e. The van der Waals surface area contributed by atoms with Crippen LogP contribution < -0.4 is 10.1 Å². The lowest BCUT2D eigenvalue weighted by molar-refractivity contribution is 0.0923. The maximum atomic E-state index is 11.7. The van der Waals surface area contributed by atoms with E-state index >= 15 is 0 Å². The summed E-state index contributed by atoms with van der Waals surface area (Å²) in [5.74, 6) is 0.616. The van der Waals surface area contributed by atoms with E-state index in [9.17, 15) is 4.79 Å². The first-order valence-corrected chi connectivity index (χ1v) is 5.73. The van der Waals surface area contributed by atoms with Crippen LogP contribution in [0, 0.1) is 0 Å². The number of carbonyl (C=O) groups is 1. The molecule has 18 heavy (non-hydrogen) atoms. The van der Waals surface area contributed by atoms with Gasteiger partial charge in [-0.05, 0) is 24.3 Å². The van der Waals surface area contributed by atoms with Crippen molar-refractivity contribution in [3.05, 3.63) is 52.9 Å². The van der Waals surface area contributed by atoms with E-state index in [2.05, 4.69) is 5.32 Å². The molecule has 0 aliphatic carbocycles. The molecule has 0 fully saturated rings. The number of halogens is 1. The van der Waals surface area contributed by atoms with E-state index in [1.165, 1.54) is 6.26 Å². The van der Waals surface area contributed by atoms with Crippen molar-refractivity contribution in [3.8, 4) is 5.75 Å². The predicted molar refractivity (Wildman–Crippen MR) is 67.9 cm³/mol. The lowest BCUT2D eigenvalue weighted by Crippen LogP contribution is -2.22. The van der Waals surface area contributed by atoms with Gasteiger partial charge in [-0.1, -0.05) is 17.7 Å². The number of furan rings is 1. The number of benzene rings is 1. The zero-order valence-electron chi connectivity index (χ0n) is 9.77. The van der Waals surface area contributed by atoms with Gasteiger partial charge in [0.15, 0.2) is 5.76 Å². The van der Waals surface area contributed by atoms with E-state index in [4.69, 9.17) is 20.8 Å². The molecule has 0 aliphatic heterocycles. The van der Waals surface area contributed by atoms with Gasteiger partial charge in [0, 0.05) is 17.1 Å². The molecule has 0 radical (unpaired) electrons. The summed E-state index contributed by atoms with van der Waals surface area (Å²) in [4.78, 5) is 11.7. The van der Waals surface area contributed by atoms with Crippen LogP contribution in [0.25, 0.3) is 0 Å². The molecule has 0 saturated heterocycles. The Labute approximate surface area is 110 Å². The Bertz CT molecular complexity index is 537. The van der Waals surface area contributed by atoms with Gasteiger partial charge in [-0.3, -0.25) is 4.79 Å². The van der Waals surface area contributed by atoms with Gasteiger partial charge in [-0.2, -0.15) is 0 Å². The molecule has 0 atom stereocenters. The minimum absolute atomic E-state index is 0.265. The molecule has 1 amide bonds. The van der Waals surface area contributed by atoms with Crippen LogP contribution in [0.15, 0.2) is 41.0 Å². The SMILES string of the molecule is COc1cccc(Cl)c1CNC(=O)c1ccco1. The summed E-state index contributed by atoms with van der Waals surface area (Å²) < 4.78 is 10.2. The number of rotatable bonds is 4. The quantitative estimate of drug-likeness (QED) is 0.925. The fourth-order valence-corrected chi connectivity index (χ4v) is 1.80. The number of ether oxygens (including phenoxy) is 1. The number of carbonyl (C=O) groups excluding carboxylic acids is 1. The van der Waals surface area contributed by atoms with Gasteiger partial charge in [0.1, 0.15) is 5.75 Å². The molecule has 5 heteroatoms. The van der Waals surface area contributed by atoms with Crippen LogP contribution >= 0.6 is 11.6 Å². The number of hydrogen-bond acceptors (Lipinski definition) is 3. The third-order valence-corrected chi connectivity index (χ3v) is 2.82. The summed E-state index contributed by atoms with van der Waals surface area (Å²) in [5, 5.41) is 3.27. The monoisotopic (exact) mass is 265 g/mol. The summed E-state index contributed by atoms with van der Waals surface area (Å²) in [6.07, 6.45) is 1.45. The molecule has 1 aromatic carbocycles. The fraction of sp³-hybridized carbons (Fsp3) is 0.154. The van der Waals surface area contributed by atoms with Gasteiger partial charge < -0.3 is 14.5 Å². The van der Waals surface area contributed by atoms with E-state index < -0.39 is 0 Å². The molecule has 0 aliphatic rings. The van der Waals surface area contributed by atoms with Crippen LogP contribution in [0.5, 0.6) is 5.75 Å². The van der Waals surface area contributed by atoms with E-state index in [0.717, 1.165) is 5.56 Å². The molecular formula is C13H12ClNO3. The largest absolute Gasteiger partial charge is 0.496 e. The normalized spacial score (nSPS) is 10.1. The molecule has 2 rings (SSSR count). The van der Waals surface area contributed by atoms with E-state index in [1.807, 2.05) is 0 Å². The Morgan fingerprint density at radius 1 is 1.39 bits per heavy atom. The van der Waals surface area contributed by atoms with Crippen LogP contribution in [0.4, 0.5) is 0 Å².